The Morgan fingerprint density at radius 1 is 0.909 bits per heavy atom. The van der Waals surface area contributed by atoms with Crippen LogP contribution in [0.4, 0.5) is 0 Å². The van der Waals surface area contributed by atoms with Crippen LogP contribution < -0.4 is 21.7 Å². The number of nitrogens with two attached hydrogens (primary N) is 1. The first-order valence-corrected chi connectivity index (χ1v) is 3.91. The molecule has 0 heterocycles. The van der Waals surface area contributed by atoms with Crippen molar-refractivity contribution in [2.75, 3.05) is 40.8 Å². The van der Waals surface area contributed by atoms with Crippen LogP contribution in [0.5, 0.6) is 0 Å². The van der Waals surface area contributed by atoms with Gasteiger partial charge in [0.25, 0.3) is 0 Å². The Balaban J connectivity index is 3.79. The summed E-state index contributed by atoms with van der Waals surface area (Å²) in [6.45, 7) is 2.44. The van der Waals surface area contributed by atoms with Crippen molar-refractivity contribution in [2.45, 2.75) is 5.54 Å². The lowest BCUT2D eigenvalue weighted by atomic mass is 10.0. The normalized spacial score (nSPS) is 12.0. The van der Waals surface area contributed by atoms with Crippen molar-refractivity contribution in [1.29, 1.82) is 0 Å². The molecule has 0 fully saturated rings. The fraction of sp³-hybridized carbons (Fsp3) is 1.00. The van der Waals surface area contributed by atoms with E-state index >= 15 is 0 Å². The summed E-state index contributed by atoms with van der Waals surface area (Å²) in [5, 5.41) is 9.22. The second-order valence-electron chi connectivity index (χ2n) is 2.95. The number of rotatable bonds is 6. The van der Waals surface area contributed by atoms with Crippen molar-refractivity contribution < 1.29 is 0 Å². The Morgan fingerprint density at radius 3 is 1.36 bits per heavy atom. The molecule has 0 aromatic heterocycles. The van der Waals surface area contributed by atoms with E-state index in [2.05, 4.69) is 16.0 Å². The van der Waals surface area contributed by atoms with E-state index in [1.54, 1.807) is 0 Å². The van der Waals surface area contributed by atoms with Gasteiger partial charge in [-0.05, 0) is 21.1 Å². The van der Waals surface area contributed by atoms with Crippen LogP contribution in [0.3, 0.4) is 0 Å². The highest BCUT2D eigenvalue weighted by Gasteiger charge is 2.21. The largest absolute Gasteiger partial charge is 0.322 e. The molecule has 0 aliphatic carbocycles. The van der Waals surface area contributed by atoms with Crippen LogP contribution in [0, 0.1) is 0 Å². The molecule has 0 aromatic carbocycles. The molecule has 5 N–H and O–H groups in total. The molecular weight excluding hydrogens is 140 g/mol. The maximum Gasteiger partial charge on any atom is 0.0533 e. The van der Waals surface area contributed by atoms with Gasteiger partial charge in [-0.15, -0.1) is 0 Å². The maximum atomic E-state index is 6.04. The lowest BCUT2D eigenvalue weighted by molar-refractivity contribution is 0.380. The monoisotopic (exact) mass is 160 g/mol. The van der Waals surface area contributed by atoms with Gasteiger partial charge in [-0.2, -0.15) is 0 Å². The molecule has 4 heteroatoms. The maximum absolute atomic E-state index is 6.04. The lowest BCUT2D eigenvalue weighted by Gasteiger charge is -2.28. The summed E-state index contributed by atoms with van der Waals surface area (Å²) in [6.07, 6.45) is 0. The van der Waals surface area contributed by atoms with Gasteiger partial charge in [0, 0.05) is 19.6 Å². The van der Waals surface area contributed by atoms with Gasteiger partial charge in [-0.25, -0.2) is 0 Å². The Kier molecular flexibility index (Phi) is 5.41. The van der Waals surface area contributed by atoms with Crippen molar-refractivity contribution in [2.24, 2.45) is 5.73 Å². The predicted octanol–water partition coefficient (Wildman–Crippen LogP) is -1.66. The number of hydrogen-bond donors (Lipinski definition) is 4. The molecule has 0 aliphatic heterocycles. The van der Waals surface area contributed by atoms with E-state index < -0.39 is 0 Å². The molecule has 0 radical (unpaired) electrons. The van der Waals surface area contributed by atoms with Gasteiger partial charge in [0.2, 0.25) is 0 Å². The molecule has 68 valence electrons. The Hall–Kier alpha value is -0.160. The van der Waals surface area contributed by atoms with E-state index in [0.29, 0.717) is 0 Å². The van der Waals surface area contributed by atoms with Crippen LogP contribution in [0.2, 0.25) is 0 Å². The van der Waals surface area contributed by atoms with Crippen molar-refractivity contribution >= 4 is 0 Å². The molecule has 0 saturated heterocycles. The second kappa shape index (κ2) is 5.49. The topological polar surface area (TPSA) is 62.1 Å². The average molecular weight is 160 g/mol. The first-order chi connectivity index (χ1) is 5.18. The summed E-state index contributed by atoms with van der Waals surface area (Å²) >= 11 is 0. The molecule has 0 spiro atoms. The number of nitrogens with one attached hydrogen (secondary N) is 3. The van der Waals surface area contributed by atoms with Gasteiger partial charge in [0.15, 0.2) is 0 Å². The van der Waals surface area contributed by atoms with Crippen LogP contribution in [0.1, 0.15) is 0 Å². The van der Waals surface area contributed by atoms with E-state index in [0.717, 1.165) is 19.6 Å². The third-order valence-corrected chi connectivity index (χ3v) is 1.59. The molecule has 0 rings (SSSR count). The molecule has 0 amide bonds. The van der Waals surface area contributed by atoms with E-state index in [4.69, 9.17) is 5.73 Å². The fourth-order valence-electron chi connectivity index (χ4n) is 1.24. The number of likely N-dealkylation sites (N-methyl/N-ethyl adjacent to an activating group) is 3. The zero-order chi connectivity index (χ0) is 8.74. The van der Waals surface area contributed by atoms with E-state index in [-0.39, 0.29) is 5.54 Å². The summed E-state index contributed by atoms with van der Waals surface area (Å²) < 4.78 is 0. The van der Waals surface area contributed by atoms with Gasteiger partial charge < -0.3 is 21.7 Å². The molecule has 11 heavy (non-hydrogen) atoms. The molecule has 4 nitrogen and oxygen atoms in total. The van der Waals surface area contributed by atoms with Crippen molar-refractivity contribution in [3.63, 3.8) is 0 Å². The van der Waals surface area contributed by atoms with Crippen LogP contribution in [0.25, 0.3) is 0 Å². The standard InChI is InChI=1S/C7H20N4/c1-9-4-7(8,5-10-2)6-11-3/h9-11H,4-6,8H2,1-3H3. The average Bonchev–Trinajstić information content (AvgIpc) is 1.88. The first-order valence-electron chi connectivity index (χ1n) is 3.91. The van der Waals surface area contributed by atoms with E-state index in [1.807, 2.05) is 21.1 Å². The third-order valence-electron chi connectivity index (χ3n) is 1.59. The molecular formula is C7H20N4. The van der Waals surface area contributed by atoms with Crippen LogP contribution in [-0.4, -0.2) is 46.3 Å². The van der Waals surface area contributed by atoms with Crippen LogP contribution >= 0.6 is 0 Å². The first kappa shape index (κ1) is 10.8. The Labute approximate surface area is 68.9 Å². The zero-order valence-corrected chi connectivity index (χ0v) is 7.70. The van der Waals surface area contributed by atoms with Gasteiger partial charge in [-0.3, -0.25) is 0 Å². The summed E-state index contributed by atoms with van der Waals surface area (Å²) in [6, 6.07) is 0. The zero-order valence-electron chi connectivity index (χ0n) is 7.70. The van der Waals surface area contributed by atoms with Crippen molar-refractivity contribution in [1.82, 2.24) is 16.0 Å². The molecule has 0 unspecified atom stereocenters. The molecule has 0 aliphatic rings. The van der Waals surface area contributed by atoms with Gasteiger partial charge in [0.05, 0.1) is 5.54 Å². The number of hydrogen-bond acceptors (Lipinski definition) is 4. The van der Waals surface area contributed by atoms with Crippen LogP contribution in [0.15, 0.2) is 0 Å². The minimum absolute atomic E-state index is 0.182. The summed E-state index contributed by atoms with van der Waals surface area (Å²) in [7, 11) is 5.73. The van der Waals surface area contributed by atoms with Crippen molar-refractivity contribution in [3.05, 3.63) is 0 Å². The van der Waals surface area contributed by atoms with Crippen molar-refractivity contribution in [3.8, 4) is 0 Å². The molecule has 0 bridgehead atoms. The molecule has 0 aromatic rings. The molecule has 0 atom stereocenters. The predicted molar refractivity (Wildman–Crippen MR) is 48.7 cm³/mol. The Bertz CT molecular complexity index is 77.4. The van der Waals surface area contributed by atoms with E-state index in [1.165, 1.54) is 0 Å². The van der Waals surface area contributed by atoms with Gasteiger partial charge >= 0.3 is 0 Å². The van der Waals surface area contributed by atoms with Gasteiger partial charge in [-0.1, -0.05) is 0 Å². The summed E-state index contributed by atoms with van der Waals surface area (Å²) in [4.78, 5) is 0. The SMILES string of the molecule is CNCC(N)(CNC)CNC. The second-order valence-corrected chi connectivity index (χ2v) is 2.95. The van der Waals surface area contributed by atoms with Crippen LogP contribution in [-0.2, 0) is 0 Å². The third kappa shape index (κ3) is 4.31. The lowest BCUT2D eigenvalue weighted by Crippen LogP contribution is -2.59. The molecule has 0 saturated carbocycles. The summed E-state index contributed by atoms with van der Waals surface area (Å²) in [5.41, 5.74) is 5.86. The van der Waals surface area contributed by atoms with E-state index in [9.17, 15) is 0 Å². The van der Waals surface area contributed by atoms with Gasteiger partial charge in [0.1, 0.15) is 0 Å². The Morgan fingerprint density at radius 2 is 1.18 bits per heavy atom. The highest BCUT2D eigenvalue weighted by Crippen LogP contribution is 1.93. The quantitative estimate of drug-likeness (QED) is 0.376. The fourth-order valence-corrected chi connectivity index (χ4v) is 1.24. The highest BCUT2D eigenvalue weighted by atomic mass is 15.0. The highest BCUT2D eigenvalue weighted by molar-refractivity contribution is 4.89. The minimum atomic E-state index is -0.182. The minimum Gasteiger partial charge on any atom is -0.322 e. The smallest absolute Gasteiger partial charge is 0.0533 e. The summed E-state index contributed by atoms with van der Waals surface area (Å²) in [5.74, 6) is 0.